The average molecular weight is 998 g/mol. The maximum atomic E-state index is 16.7. The fraction of sp³-hybridized carbons (Fsp3) is 0.288. The molecule has 0 aromatic heterocycles. The van der Waals surface area contributed by atoms with Crippen LogP contribution in [0.25, 0.3) is 0 Å². The van der Waals surface area contributed by atoms with Crippen LogP contribution in [0.2, 0.25) is 0 Å². The molecule has 4 heterocycles. The van der Waals surface area contributed by atoms with Gasteiger partial charge in [0.25, 0.3) is 0 Å². The number of aliphatic hydroxyl groups is 1. The van der Waals surface area contributed by atoms with Crippen molar-refractivity contribution in [1.82, 2.24) is 9.80 Å². The largest absolute Gasteiger partial charge is 0.497 e. The Morgan fingerprint density at radius 2 is 1.36 bits per heavy atom. The third-order valence-corrected chi connectivity index (χ3v) is 14.4. The number of imide groups is 1. The molecule has 6 atom stereocenters. The predicted molar refractivity (Wildman–Crippen MR) is 272 cm³/mol. The molecule has 6 aromatic carbocycles. The number of methoxy groups -OCH3 is 4. The van der Waals surface area contributed by atoms with E-state index in [1.54, 1.807) is 74.8 Å². The number of fused-ring (bicyclic) bond motifs is 4. The highest BCUT2D eigenvalue weighted by atomic mass is 16.6. The van der Waals surface area contributed by atoms with E-state index < -0.39 is 59.4 Å². The summed E-state index contributed by atoms with van der Waals surface area (Å²) in [5, 5.41) is 9.90. The number of morpholine rings is 1. The van der Waals surface area contributed by atoms with Gasteiger partial charge in [0.15, 0.2) is 11.5 Å². The van der Waals surface area contributed by atoms with Crippen molar-refractivity contribution in [3.63, 3.8) is 0 Å². The molecule has 0 saturated carbocycles. The van der Waals surface area contributed by atoms with Gasteiger partial charge in [0, 0.05) is 31.3 Å². The Morgan fingerprint density at radius 3 is 2.05 bits per heavy atom. The van der Waals surface area contributed by atoms with Gasteiger partial charge in [-0.1, -0.05) is 84.6 Å². The molecular formula is C59H55N3O12. The van der Waals surface area contributed by atoms with Crippen LogP contribution < -0.4 is 23.8 Å². The van der Waals surface area contributed by atoms with Crippen molar-refractivity contribution in [3.05, 3.63) is 184 Å². The summed E-state index contributed by atoms with van der Waals surface area (Å²) in [6.45, 7) is -0.119. The van der Waals surface area contributed by atoms with Crippen LogP contribution in [0.3, 0.4) is 0 Å². The second-order valence-electron chi connectivity index (χ2n) is 18.4. The van der Waals surface area contributed by atoms with E-state index in [-0.39, 0.29) is 50.8 Å². The lowest BCUT2D eigenvalue weighted by atomic mass is 9.64. The average Bonchev–Trinajstić information content (AvgIpc) is 3.90. The highest BCUT2D eigenvalue weighted by Gasteiger charge is 2.76. The summed E-state index contributed by atoms with van der Waals surface area (Å²) >= 11 is 0. The molecule has 15 heteroatoms. The molecule has 4 aliphatic heterocycles. The molecule has 0 bridgehead atoms. The number of benzene rings is 6. The van der Waals surface area contributed by atoms with E-state index in [0.29, 0.717) is 51.7 Å². The van der Waals surface area contributed by atoms with Crippen LogP contribution in [0.5, 0.6) is 23.0 Å². The van der Waals surface area contributed by atoms with E-state index in [0.717, 1.165) is 21.6 Å². The fourth-order valence-electron chi connectivity index (χ4n) is 11.2. The Morgan fingerprint density at radius 1 is 0.689 bits per heavy atom. The number of amides is 3. The van der Waals surface area contributed by atoms with Crippen molar-refractivity contribution in [3.8, 4) is 34.8 Å². The standard InChI is InChI=1S/C59H55N3O12/c1-68-30-31-73-58(67)61-47-25-22-38(19-18-37-20-23-44(69-2)24-21-37)32-46(47)59(57(61)66)50(55(64)60-27-26-41-34-48(70-3)49(71-4)35-43(41)36-60)52-56(65)74-53(40-14-9-6-10-15-40)51(39-12-7-5-8-13-39)62(52)54(59)42-16-11-17-45(33-42)72-29-28-63/h5-17,20-25,32-35,50-54,63H,26-31,36H2,1-4H3. The number of hydrogen-bond acceptors (Lipinski definition) is 13. The highest BCUT2D eigenvalue weighted by Crippen LogP contribution is 2.66. The van der Waals surface area contributed by atoms with Crippen LogP contribution in [0.15, 0.2) is 140 Å². The summed E-state index contributed by atoms with van der Waals surface area (Å²) in [6, 6.07) is 38.7. The molecule has 15 nitrogen and oxygen atoms in total. The number of cyclic esters (lactones) is 1. The number of nitrogens with zero attached hydrogens (tertiary/aromatic N) is 3. The van der Waals surface area contributed by atoms with Crippen molar-refractivity contribution >= 4 is 29.6 Å². The van der Waals surface area contributed by atoms with Crippen molar-refractivity contribution in [2.75, 3.05) is 66.3 Å². The molecule has 0 aliphatic carbocycles. The summed E-state index contributed by atoms with van der Waals surface area (Å²) in [6.07, 6.45) is -1.51. The van der Waals surface area contributed by atoms with E-state index in [4.69, 9.17) is 33.2 Å². The van der Waals surface area contributed by atoms with Gasteiger partial charge in [0.2, 0.25) is 11.8 Å². The molecule has 6 unspecified atom stereocenters. The van der Waals surface area contributed by atoms with Gasteiger partial charge in [-0.05, 0) is 107 Å². The molecule has 74 heavy (non-hydrogen) atoms. The topological polar surface area (TPSA) is 163 Å². The van der Waals surface area contributed by atoms with E-state index in [1.807, 2.05) is 95.9 Å². The first-order chi connectivity index (χ1) is 36.1. The number of carbonyl (C=O) groups excluding carboxylic acids is 4. The Kier molecular flexibility index (Phi) is 14.1. The van der Waals surface area contributed by atoms with E-state index >= 15 is 14.4 Å². The predicted octanol–water partition coefficient (Wildman–Crippen LogP) is 7.52. The zero-order valence-corrected chi connectivity index (χ0v) is 41.4. The molecule has 1 spiro atoms. The summed E-state index contributed by atoms with van der Waals surface area (Å²) in [4.78, 5) is 68.4. The molecule has 10 rings (SSSR count). The van der Waals surface area contributed by atoms with Crippen LogP contribution in [0.1, 0.15) is 62.7 Å². The molecular weight excluding hydrogens is 943 g/mol. The number of hydrogen-bond donors (Lipinski definition) is 1. The minimum Gasteiger partial charge on any atom is -0.497 e. The number of rotatable bonds is 13. The maximum absolute atomic E-state index is 16.7. The van der Waals surface area contributed by atoms with Crippen molar-refractivity contribution < 1.29 is 57.4 Å². The first kappa shape index (κ1) is 49.4. The minimum atomic E-state index is -2.08. The number of anilines is 1. The van der Waals surface area contributed by atoms with Crippen LogP contribution in [0.4, 0.5) is 10.5 Å². The van der Waals surface area contributed by atoms with Crippen LogP contribution in [0, 0.1) is 17.8 Å². The quantitative estimate of drug-likeness (QED) is 0.0688. The number of ether oxygens (including phenoxy) is 7. The maximum Gasteiger partial charge on any atom is 0.421 e. The zero-order chi connectivity index (χ0) is 51.5. The van der Waals surface area contributed by atoms with Crippen molar-refractivity contribution in [1.29, 1.82) is 0 Å². The SMILES string of the molecule is COCCOC(=O)N1C(=O)C2(c3cc(C#Cc4ccc(OC)cc4)ccc31)C(C(=O)N1CCc3cc(OC)c(OC)cc3C1)C1C(=O)OC(c3ccccc3)C(c3ccccc3)N1C2c1cccc(OCCO)c1. The van der Waals surface area contributed by atoms with Gasteiger partial charge in [-0.2, -0.15) is 0 Å². The Balaban J connectivity index is 1.27. The van der Waals surface area contributed by atoms with Gasteiger partial charge in [0.05, 0.1) is 58.2 Å². The lowest BCUT2D eigenvalue weighted by molar-refractivity contribution is -0.179. The number of aliphatic hydroxyl groups excluding tert-OH is 1. The molecule has 378 valence electrons. The van der Waals surface area contributed by atoms with Gasteiger partial charge in [-0.15, -0.1) is 0 Å². The second kappa shape index (κ2) is 21.1. The summed E-state index contributed by atoms with van der Waals surface area (Å²) < 4.78 is 40.5. The van der Waals surface area contributed by atoms with Crippen LogP contribution in [-0.2, 0) is 47.0 Å². The normalized spacial score (nSPS) is 21.7. The third-order valence-electron chi connectivity index (χ3n) is 14.4. The molecule has 1 N–H and O–H groups in total. The Labute approximate surface area is 429 Å². The molecule has 0 radical (unpaired) electrons. The minimum absolute atomic E-state index is 0.0338. The van der Waals surface area contributed by atoms with Crippen LogP contribution in [-0.4, -0.2) is 106 Å². The second-order valence-corrected chi connectivity index (χ2v) is 18.4. The van der Waals surface area contributed by atoms with Gasteiger partial charge in [0.1, 0.15) is 42.3 Å². The van der Waals surface area contributed by atoms with E-state index in [2.05, 4.69) is 11.8 Å². The first-order valence-corrected chi connectivity index (χ1v) is 24.4. The zero-order valence-electron chi connectivity index (χ0n) is 41.4. The summed E-state index contributed by atoms with van der Waals surface area (Å²) in [5.74, 6) is 4.99. The first-order valence-electron chi connectivity index (χ1n) is 24.4. The highest BCUT2D eigenvalue weighted by molar-refractivity contribution is 6.23. The summed E-state index contributed by atoms with van der Waals surface area (Å²) in [7, 11) is 6.16. The lowest BCUT2D eigenvalue weighted by Gasteiger charge is -2.46. The Hall–Kier alpha value is -8.16. The molecule has 4 aliphatic rings. The molecule has 6 aromatic rings. The number of esters is 1. The van der Waals surface area contributed by atoms with Crippen molar-refractivity contribution in [2.24, 2.45) is 5.92 Å². The summed E-state index contributed by atoms with van der Waals surface area (Å²) in [5.41, 5.74) is 3.18. The smallest absolute Gasteiger partial charge is 0.421 e. The van der Waals surface area contributed by atoms with E-state index in [9.17, 15) is 9.90 Å². The van der Waals surface area contributed by atoms with Gasteiger partial charge in [-0.3, -0.25) is 19.3 Å². The Bertz CT molecular complexity index is 3140. The molecule has 3 amide bonds. The lowest BCUT2D eigenvalue weighted by Crippen LogP contribution is -2.57. The number of carbonyl (C=O) groups is 4. The van der Waals surface area contributed by atoms with Crippen LogP contribution >= 0.6 is 0 Å². The van der Waals surface area contributed by atoms with Gasteiger partial charge in [-0.25, -0.2) is 9.69 Å². The van der Waals surface area contributed by atoms with Crippen molar-refractivity contribution in [2.45, 2.75) is 42.6 Å². The molecule has 2 fully saturated rings. The van der Waals surface area contributed by atoms with Gasteiger partial charge < -0.3 is 43.2 Å². The monoisotopic (exact) mass is 997 g/mol. The fourth-order valence-corrected chi connectivity index (χ4v) is 11.2. The van der Waals surface area contributed by atoms with Gasteiger partial charge >= 0.3 is 12.1 Å². The molecule has 2 saturated heterocycles. The third kappa shape index (κ3) is 8.74. The van der Waals surface area contributed by atoms with E-state index in [1.165, 1.54) is 7.11 Å².